The van der Waals surface area contributed by atoms with Crippen molar-refractivity contribution in [1.82, 2.24) is 20.1 Å². The molecule has 4 heteroatoms. The zero-order valence-electron chi connectivity index (χ0n) is 9.82. The summed E-state index contributed by atoms with van der Waals surface area (Å²) in [6.07, 6.45) is 5.41. The minimum atomic E-state index is 0.185. The fraction of sp³-hybridized carbons (Fsp3) is 0.818. The van der Waals surface area contributed by atoms with Crippen molar-refractivity contribution < 1.29 is 0 Å². The van der Waals surface area contributed by atoms with E-state index >= 15 is 0 Å². The molecule has 1 heterocycles. The first-order valence-electron chi connectivity index (χ1n) is 5.70. The molecule has 1 aliphatic carbocycles. The summed E-state index contributed by atoms with van der Waals surface area (Å²) in [6.45, 7) is 7.50. The van der Waals surface area contributed by atoms with Gasteiger partial charge in [0.15, 0.2) is 0 Å². The van der Waals surface area contributed by atoms with Crippen molar-refractivity contribution in [3.63, 3.8) is 0 Å². The van der Waals surface area contributed by atoms with Gasteiger partial charge in [-0.1, -0.05) is 0 Å². The van der Waals surface area contributed by atoms with Gasteiger partial charge in [-0.2, -0.15) is 0 Å². The fourth-order valence-electron chi connectivity index (χ4n) is 1.65. The summed E-state index contributed by atoms with van der Waals surface area (Å²) in [6, 6.07) is 0.685. The Labute approximate surface area is 91.1 Å². The van der Waals surface area contributed by atoms with Crippen LogP contribution in [0, 0.1) is 0 Å². The van der Waals surface area contributed by atoms with E-state index in [0.29, 0.717) is 6.04 Å². The van der Waals surface area contributed by atoms with Gasteiger partial charge in [0.25, 0.3) is 0 Å². The molecule has 15 heavy (non-hydrogen) atoms. The van der Waals surface area contributed by atoms with Crippen molar-refractivity contribution in [1.29, 1.82) is 0 Å². The minimum Gasteiger partial charge on any atom is -0.314 e. The highest BCUT2D eigenvalue weighted by atomic mass is 15.3. The Balaban J connectivity index is 1.85. The highest BCUT2D eigenvalue weighted by molar-refractivity contribution is 4.95. The van der Waals surface area contributed by atoms with Crippen LogP contribution >= 0.6 is 0 Å². The van der Waals surface area contributed by atoms with Crippen molar-refractivity contribution in [2.24, 2.45) is 0 Å². The molecule has 0 spiro atoms. The van der Waals surface area contributed by atoms with Gasteiger partial charge in [0.05, 0.1) is 0 Å². The number of nitrogens with one attached hydrogen (secondary N) is 1. The topological polar surface area (TPSA) is 42.7 Å². The molecule has 1 fully saturated rings. The first-order chi connectivity index (χ1) is 7.06. The van der Waals surface area contributed by atoms with E-state index in [9.17, 15) is 0 Å². The smallest absolute Gasteiger partial charge is 0.134 e. The van der Waals surface area contributed by atoms with Crippen molar-refractivity contribution in [3.8, 4) is 0 Å². The van der Waals surface area contributed by atoms with Gasteiger partial charge >= 0.3 is 0 Å². The van der Waals surface area contributed by atoms with Crippen molar-refractivity contribution in [3.05, 3.63) is 12.2 Å². The van der Waals surface area contributed by atoms with Gasteiger partial charge < -0.3 is 9.88 Å². The third kappa shape index (κ3) is 3.02. The van der Waals surface area contributed by atoms with Crippen LogP contribution in [-0.4, -0.2) is 26.8 Å². The van der Waals surface area contributed by atoms with E-state index in [2.05, 4.69) is 40.9 Å². The van der Waals surface area contributed by atoms with Crippen LogP contribution in [0.25, 0.3) is 0 Å². The molecular weight excluding hydrogens is 188 g/mol. The van der Waals surface area contributed by atoms with Gasteiger partial charge in [0.2, 0.25) is 0 Å². The third-order valence-electron chi connectivity index (χ3n) is 2.59. The van der Waals surface area contributed by atoms with Crippen LogP contribution in [0.15, 0.2) is 6.33 Å². The predicted octanol–water partition coefficient (Wildman–Crippen LogP) is 1.54. The molecule has 2 rings (SSSR count). The van der Waals surface area contributed by atoms with Crippen LogP contribution in [0.2, 0.25) is 0 Å². The second kappa shape index (κ2) is 3.93. The van der Waals surface area contributed by atoms with Gasteiger partial charge in [-0.05, 0) is 33.6 Å². The zero-order valence-corrected chi connectivity index (χ0v) is 9.82. The lowest BCUT2D eigenvalue weighted by Gasteiger charge is -2.20. The molecule has 0 radical (unpaired) electrons. The largest absolute Gasteiger partial charge is 0.314 e. The molecule has 0 atom stereocenters. The normalized spacial score (nSPS) is 17.0. The highest BCUT2D eigenvalue weighted by Gasteiger charge is 2.25. The molecule has 1 aromatic rings. The molecular formula is C11H20N4. The second-order valence-electron chi connectivity index (χ2n) is 5.31. The number of nitrogens with zero attached hydrogens (tertiary/aromatic N) is 3. The van der Waals surface area contributed by atoms with E-state index in [4.69, 9.17) is 0 Å². The van der Waals surface area contributed by atoms with Gasteiger partial charge in [0, 0.05) is 24.5 Å². The summed E-state index contributed by atoms with van der Waals surface area (Å²) < 4.78 is 2.23. The first kappa shape index (κ1) is 10.6. The van der Waals surface area contributed by atoms with Crippen molar-refractivity contribution >= 4 is 0 Å². The molecule has 0 unspecified atom stereocenters. The first-order valence-corrected chi connectivity index (χ1v) is 5.70. The molecule has 1 aromatic heterocycles. The molecule has 0 aromatic carbocycles. The van der Waals surface area contributed by atoms with E-state index in [1.54, 1.807) is 0 Å². The summed E-state index contributed by atoms with van der Waals surface area (Å²) in [5.74, 6) is 1.12. The molecule has 0 saturated heterocycles. The maximum Gasteiger partial charge on any atom is 0.134 e. The summed E-state index contributed by atoms with van der Waals surface area (Å²) in [4.78, 5) is 0. The molecule has 1 saturated carbocycles. The van der Waals surface area contributed by atoms with E-state index in [0.717, 1.165) is 18.8 Å². The monoisotopic (exact) mass is 208 g/mol. The van der Waals surface area contributed by atoms with E-state index < -0.39 is 0 Å². The number of hydrogen-bond acceptors (Lipinski definition) is 3. The summed E-state index contributed by atoms with van der Waals surface area (Å²) in [5.41, 5.74) is 0.185. The van der Waals surface area contributed by atoms with Crippen LogP contribution in [0.1, 0.15) is 45.5 Å². The Morgan fingerprint density at radius 3 is 2.80 bits per heavy atom. The molecule has 4 nitrogen and oxygen atoms in total. The van der Waals surface area contributed by atoms with Crippen LogP contribution in [0.3, 0.4) is 0 Å². The Morgan fingerprint density at radius 2 is 2.20 bits per heavy atom. The Kier molecular flexibility index (Phi) is 2.78. The van der Waals surface area contributed by atoms with Crippen LogP contribution in [0.4, 0.5) is 0 Å². The van der Waals surface area contributed by atoms with Crippen LogP contribution < -0.4 is 5.32 Å². The lowest BCUT2D eigenvalue weighted by atomic mass is 10.1. The summed E-state index contributed by atoms with van der Waals surface area (Å²) in [7, 11) is 0. The second-order valence-corrected chi connectivity index (χ2v) is 5.31. The fourth-order valence-corrected chi connectivity index (χ4v) is 1.65. The maximum atomic E-state index is 4.17. The predicted molar refractivity (Wildman–Crippen MR) is 59.8 cm³/mol. The molecule has 84 valence electrons. The van der Waals surface area contributed by atoms with Crippen molar-refractivity contribution in [2.75, 3.05) is 6.54 Å². The zero-order chi connectivity index (χ0) is 10.9. The van der Waals surface area contributed by atoms with Gasteiger partial charge in [-0.25, -0.2) is 0 Å². The molecule has 0 amide bonds. The Bertz CT molecular complexity index is 320. The SMILES string of the molecule is CC(C)(C)NCCc1nncn1C1CC1. The average molecular weight is 208 g/mol. The Hall–Kier alpha value is -0.900. The summed E-state index contributed by atoms with van der Waals surface area (Å²) in [5, 5.41) is 11.6. The van der Waals surface area contributed by atoms with E-state index in [1.807, 2.05) is 6.33 Å². The summed E-state index contributed by atoms with van der Waals surface area (Å²) >= 11 is 0. The third-order valence-corrected chi connectivity index (χ3v) is 2.59. The lowest BCUT2D eigenvalue weighted by molar-refractivity contribution is 0.425. The molecule has 0 aliphatic heterocycles. The molecule has 0 bridgehead atoms. The average Bonchev–Trinajstić information content (AvgIpc) is 2.86. The van der Waals surface area contributed by atoms with E-state index in [-0.39, 0.29) is 5.54 Å². The minimum absolute atomic E-state index is 0.185. The number of hydrogen-bond donors (Lipinski definition) is 1. The van der Waals surface area contributed by atoms with Crippen molar-refractivity contribution in [2.45, 2.75) is 51.6 Å². The van der Waals surface area contributed by atoms with Gasteiger partial charge in [-0.15, -0.1) is 10.2 Å². The standard InChI is InChI=1S/C11H20N4/c1-11(2,3)12-7-6-10-14-13-8-15(10)9-4-5-9/h8-9,12H,4-7H2,1-3H3. The quantitative estimate of drug-likeness (QED) is 0.816. The highest BCUT2D eigenvalue weighted by Crippen LogP contribution is 2.35. The Morgan fingerprint density at radius 1 is 1.47 bits per heavy atom. The van der Waals surface area contributed by atoms with Gasteiger partial charge in [0.1, 0.15) is 12.2 Å². The van der Waals surface area contributed by atoms with Crippen LogP contribution in [0.5, 0.6) is 0 Å². The van der Waals surface area contributed by atoms with Gasteiger partial charge in [-0.3, -0.25) is 0 Å². The number of rotatable bonds is 4. The lowest BCUT2D eigenvalue weighted by Crippen LogP contribution is -2.37. The molecule has 1 aliphatic rings. The van der Waals surface area contributed by atoms with Crippen LogP contribution in [-0.2, 0) is 6.42 Å². The van der Waals surface area contributed by atoms with E-state index in [1.165, 1.54) is 12.8 Å². The maximum absolute atomic E-state index is 4.17. The number of aromatic nitrogens is 3. The molecule has 1 N–H and O–H groups in total.